The largest absolute Gasteiger partial charge is 0.368 e. The molecule has 3 rings (SSSR count). The fraction of sp³-hybridized carbons (Fsp3) is 0.133. The highest BCUT2D eigenvalue weighted by molar-refractivity contribution is 8.00. The van der Waals surface area contributed by atoms with Crippen molar-refractivity contribution in [1.82, 2.24) is 15.2 Å². The number of nitrogens with zero attached hydrogens (tertiary/aromatic N) is 2. The molecule has 3 aromatic rings. The second kappa shape index (κ2) is 6.76. The van der Waals surface area contributed by atoms with Crippen LogP contribution in [0.25, 0.3) is 0 Å². The number of amides is 1. The average molecular weight is 330 g/mol. The number of primary amides is 1. The highest BCUT2D eigenvalue weighted by Crippen LogP contribution is 2.32. The molecule has 0 unspecified atom stereocenters. The molecule has 0 bridgehead atoms. The van der Waals surface area contributed by atoms with Crippen molar-refractivity contribution in [2.75, 3.05) is 0 Å². The van der Waals surface area contributed by atoms with E-state index >= 15 is 0 Å². The van der Waals surface area contributed by atoms with Gasteiger partial charge in [-0.15, -0.1) is 16.4 Å². The van der Waals surface area contributed by atoms with Gasteiger partial charge in [0, 0.05) is 11.3 Å². The van der Waals surface area contributed by atoms with Crippen LogP contribution >= 0.6 is 23.1 Å². The highest BCUT2D eigenvalue weighted by Gasteiger charge is 2.21. The number of thiophene rings is 1. The van der Waals surface area contributed by atoms with Crippen LogP contribution in [0.3, 0.4) is 0 Å². The van der Waals surface area contributed by atoms with E-state index in [0.717, 1.165) is 11.4 Å². The van der Waals surface area contributed by atoms with E-state index in [4.69, 9.17) is 5.73 Å². The van der Waals surface area contributed by atoms with Crippen molar-refractivity contribution in [3.63, 3.8) is 0 Å². The first-order valence-electron chi connectivity index (χ1n) is 6.67. The fourth-order valence-corrected chi connectivity index (χ4v) is 3.60. The summed E-state index contributed by atoms with van der Waals surface area (Å²) in [4.78, 5) is 17.3. The number of carbonyl (C=O) groups excluding carboxylic acids is 1. The zero-order valence-corrected chi connectivity index (χ0v) is 13.2. The predicted molar refractivity (Wildman–Crippen MR) is 87.7 cm³/mol. The Hall–Kier alpha value is -2.12. The van der Waals surface area contributed by atoms with Crippen molar-refractivity contribution in [2.45, 2.75) is 16.8 Å². The van der Waals surface area contributed by atoms with Crippen molar-refractivity contribution in [3.05, 3.63) is 64.1 Å². The second-order valence-electron chi connectivity index (χ2n) is 4.63. The minimum Gasteiger partial charge on any atom is -0.368 e. The Morgan fingerprint density at radius 1 is 1.27 bits per heavy atom. The number of hydrogen-bond donors (Lipinski definition) is 2. The van der Waals surface area contributed by atoms with E-state index in [-0.39, 0.29) is 0 Å². The minimum absolute atomic E-state index is 0.402. The van der Waals surface area contributed by atoms with E-state index in [1.165, 1.54) is 16.6 Å². The van der Waals surface area contributed by atoms with Gasteiger partial charge >= 0.3 is 0 Å². The third-order valence-electron chi connectivity index (χ3n) is 3.02. The van der Waals surface area contributed by atoms with Crippen LogP contribution < -0.4 is 5.73 Å². The number of hydrogen-bond acceptors (Lipinski definition) is 5. The molecule has 112 valence electrons. The molecule has 0 spiro atoms. The van der Waals surface area contributed by atoms with Crippen LogP contribution in [0.4, 0.5) is 0 Å². The smallest absolute Gasteiger partial charge is 0.235 e. The molecule has 2 aromatic heterocycles. The number of nitrogens with one attached hydrogen (secondary N) is 1. The van der Waals surface area contributed by atoms with Gasteiger partial charge in [-0.3, -0.25) is 9.89 Å². The van der Waals surface area contributed by atoms with Gasteiger partial charge in [-0.05, 0) is 17.0 Å². The first-order valence-corrected chi connectivity index (χ1v) is 8.43. The van der Waals surface area contributed by atoms with Crippen LogP contribution in [0.5, 0.6) is 0 Å². The topological polar surface area (TPSA) is 84.7 Å². The number of rotatable bonds is 6. The van der Waals surface area contributed by atoms with Crippen molar-refractivity contribution in [2.24, 2.45) is 5.73 Å². The summed E-state index contributed by atoms with van der Waals surface area (Å²) in [5.74, 6) is 0.377. The SMILES string of the molecule is NC(=O)[C@@H](Sc1n[nH]c(Cc2cccs2)n1)c1ccccc1. The van der Waals surface area contributed by atoms with Crippen LogP contribution in [0, 0.1) is 0 Å². The van der Waals surface area contributed by atoms with E-state index in [1.54, 1.807) is 11.3 Å². The number of carbonyl (C=O) groups is 1. The van der Waals surface area contributed by atoms with Crippen molar-refractivity contribution in [1.29, 1.82) is 0 Å². The summed E-state index contributed by atoms with van der Waals surface area (Å²) in [7, 11) is 0. The average Bonchev–Trinajstić information content (AvgIpc) is 3.18. The van der Waals surface area contributed by atoms with Gasteiger partial charge in [0.25, 0.3) is 0 Å². The van der Waals surface area contributed by atoms with Gasteiger partial charge in [0.05, 0.1) is 0 Å². The van der Waals surface area contributed by atoms with E-state index in [9.17, 15) is 4.79 Å². The zero-order chi connectivity index (χ0) is 15.4. The Balaban J connectivity index is 1.74. The molecular formula is C15H14N4OS2. The van der Waals surface area contributed by atoms with E-state index in [2.05, 4.69) is 21.2 Å². The maximum absolute atomic E-state index is 11.7. The van der Waals surface area contributed by atoms with Gasteiger partial charge < -0.3 is 5.73 Å². The Bertz CT molecular complexity index is 740. The maximum atomic E-state index is 11.7. The Morgan fingerprint density at radius 2 is 2.09 bits per heavy atom. The van der Waals surface area contributed by atoms with Gasteiger partial charge in [0.2, 0.25) is 11.1 Å². The van der Waals surface area contributed by atoms with Crippen LogP contribution in [0.15, 0.2) is 53.0 Å². The first-order chi connectivity index (χ1) is 10.7. The molecule has 0 aliphatic heterocycles. The van der Waals surface area contributed by atoms with Crippen molar-refractivity contribution >= 4 is 29.0 Å². The Labute approximate surface area is 136 Å². The van der Waals surface area contributed by atoms with Gasteiger partial charge in [0.15, 0.2) is 0 Å². The van der Waals surface area contributed by atoms with Crippen LogP contribution in [-0.2, 0) is 11.2 Å². The summed E-state index contributed by atoms with van der Waals surface area (Å²) in [5, 5.41) is 9.14. The third-order valence-corrected chi connectivity index (χ3v) is 5.03. The summed E-state index contributed by atoms with van der Waals surface area (Å²) in [6.45, 7) is 0. The summed E-state index contributed by atoms with van der Waals surface area (Å²) in [6, 6.07) is 13.5. The summed E-state index contributed by atoms with van der Waals surface area (Å²) in [6.07, 6.45) is 0.706. The quantitative estimate of drug-likeness (QED) is 0.681. The van der Waals surface area contributed by atoms with Crippen LogP contribution in [-0.4, -0.2) is 21.1 Å². The number of nitrogens with two attached hydrogens (primary N) is 1. The lowest BCUT2D eigenvalue weighted by Gasteiger charge is -2.10. The number of aromatic amines is 1. The van der Waals surface area contributed by atoms with E-state index < -0.39 is 11.2 Å². The molecule has 0 radical (unpaired) electrons. The molecule has 0 saturated carbocycles. The molecule has 0 aliphatic carbocycles. The lowest BCUT2D eigenvalue weighted by Crippen LogP contribution is -2.19. The third kappa shape index (κ3) is 3.55. The minimum atomic E-state index is -0.494. The number of aromatic nitrogens is 3. The Kier molecular flexibility index (Phi) is 4.55. The summed E-state index contributed by atoms with van der Waals surface area (Å²) in [5.41, 5.74) is 6.36. The first kappa shape index (κ1) is 14.8. The highest BCUT2D eigenvalue weighted by atomic mass is 32.2. The fourth-order valence-electron chi connectivity index (χ4n) is 2.01. The molecule has 1 atom stereocenters. The molecule has 5 nitrogen and oxygen atoms in total. The standard InChI is InChI=1S/C15H14N4OS2/c16-14(20)13(10-5-2-1-3-6-10)22-15-17-12(18-19-15)9-11-7-4-8-21-11/h1-8,13H,9H2,(H2,16,20)(H,17,18,19)/t13-/m0/s1. The van der Waals surface area contributed by atoms with Gasteiger partial charge in [-0.1, -0.05) is 48.2 Å². The number of H-pyrrole nitrogens is 1. The molecule has 22 heavy (non-hydrogen) atoms. The molecule has 1 aromatic carbocycles. The molecule has 2 heterocycles. The molecule has 7 heteroatoms. The molecule has 0 saturated heterocycles. The monoisotopic (exact) mass is 330 g/mol. The van der Waals surface area contributed by atoms with E-state index in [0.29, 0.717) is 11.6 Å². The molecule has 0 aliphatic rings. The Morgan fingerprint density at radius 3 is 2.77 bits per heavy atom. The molecular weight excluding hydrogens is 316 g/mol. The van der Waals surface area contributed by atoms with Crippen LogP contribution in [0.1, 0.15) is 21.5 Å². The summed E-state index contributed by atoms with van der Waals surface area (Å²) >= 11 is 2.93. The molecule has 0 fully saturated rings. The summed E-state index contributed by atoms with van der Waals surface area (Å²) < 4.78 is 0. The maximum Gasteiger partial charge on any atom is 0.235 e. The second-order valence-corrected chi connectivity index (χ2v) is 6.74. The van der Waals surface area contributed by atoms with Crippen molar-refractivity contribution < 1.29 is 4.79 Å². The number of benzene rings is 1. The van der Waals surface area contributed by atoms with Gasteiger partial charge in [-0.2, -0.15) is 0 Å². The molecule has 1 amide bonds. The van der Waals surface area contributed by atoms with Gasteiger partial charge in [-0.25, -0.2) is 4.98 Å². The van der Waals surface area contributed by atoms with Crippen molar-refractivity contribution in [3.8, 4) is 0 Å². The lowest BCUT2D eigenvalue weighted by molar-refractivity contribution is -0.117. The zero-order valence-electron chi connectivity index (χ0n) is 11.6. The van der Waals surface area contributed by atoms with Gasteiger partial charge in [0.1, 0.15) is 11.1 Å². The molecule has 3 N–H and O–H groups in total. The van der Waals surface area contributed by atoms with E-state index in [1.807, 2.05) is 41.8 Å². The van der Waals surface area contributed by atoms with Crippen LogP contribution in [0.2, 0.25) is 0 Å². The number of thioether (sulfide) groups is 1. The predicted octanol–water partition coefficient (Wildman–Crippen LogP) is 2.78. The lowest BCUT2D eigenvalue weighted by atomic mass is 10.1. The normalized spacial score (nSPS) is 12.2.